The van der Waals surface area contributed by atoms with Gasteiger partial charge in [0, 0.05) is 44.6 Å². The second-order valence-corrected chi connectivity index (χ2v) is 7.52. The number of piperidine rings is 1. The van der Waals surface area contributed by atoms with Crippen molar-refractivity contribution in [1.82, 2.24) is 15.4 Å². The van der Waals surface area contributed by atoms with Crippen LogP contribution in [0, 0.1) is 5.41 Å². The highest BCUT2D eigenvalue weighted by atomic mass is 16.5. The van der Waals surface area contributed by atoms with Crippen LogP contribution in [0.1, 0.15) is 49.5 Å². The Balaban J connectivity index is 1.52. The van der Waals surface area contributed by atoms with Gasteiger partial charge in [0.15, 0.2) is 0 Å². The van der Waals surface area contributed by atoms with Crippen LogP contribution in [-0.4, -0.2) is 55.4 Å². The van der Waals surface area contributed by atoms with E-state index < -0.39 is 0 Å². The highest BCUT2D eigenvalue weighted by Crippen LogP contribution is 2.35. The van der Waals surface area contributed by atoms with Crippen molar-refractivity contribution < 1.29 is 14.1 Å². The van der Waals surface area contributed by atoms with E-state index >= 15 is 0 Å². The number of hydrogen-bond donors (Lipinski definition) is 1. The number of ether oxygens (including phenoxy) is 1. The van der Waals surface area contributed by atoms with Crippen molar-refractivity contribution in [2.24, 2.45) is 5.41 Å². The van der Waals surface area contributed by atoms with Gasteiger partial charge >= 0.3 is 0 Å². The maximum Gasteiger partial charge on any atom is 0.230 e. The molecular formula is C18H27N3O3. The SMILES string of the molecule is O=C(N1CCCC1)C1(Cc2cc(C3CCOC3)no2)CCCNC1. The Morgan fingerprint density at radius 3 is 2.96 bits per heavy atom. The number of aromatic nitrogens is 1. The fourth-order valence-electron chi connectivity index (χ4n) is 4.34. The molecule has 1 aromatic heterocycles. The molecular weight excluding hydrogens is 306 g/mol. The number of likely N-dealkylation sites (tertiary alicyclic amines) is 1. The highest BCUT2D eigenvalue weighted by Gasteiger charge is 2.43. The molecule has 2 atom stereocenters. The van der Waals surface area contributed by atoms with Crippen molar-refractivity contribution in [2.45, 2.75) is 44.4 Å². The molecule has 0 bridgehead atoms. The number of nitrogens with one attached hydrogen (secondary N) is 1. The monoisotopic (exact) mass is 333 g/mol. The van der Waals surface area contributed by atoms with Gasteiger partial charge < -0.3 is 19.5 Å². The number of rotatable bonds is 4. The van der Waals surface area contributed by atoms with Crippen LogP contribution in [0.15, 0.2) is 10.6 Å². The summed E-state index contributed by atoms with van der Waals surface area (Å²) < 4.78 is 11.1. The molecule has 4 rings (SSSR count). The van der Waals surface area contributed by atoms with Crippen molar-refractivity contribution in [3.8, 4) is 0 Å². The Morgan fingerprint density at radius 2 is 2.25 bits per heavy atom. The zero-order valence-corrected chi connectivity index (χ0v) is 14.3. The summed E-state index contributed by atoms with van der Waals surface area (Å²) in [6, 6.07) is 2.05. The van der Waals surface area contributed by atoms with Gasteiger partial charge in [0.2, 0.25) is 5.91 Å². The molecule has 0 spiro atoms. The summed E-state index contributed by atoms with van der Waals surface area (Å²) in [5.41, 5.74) is 0.612. The lowest BCUT2D eigenvalue weighted by molar-refractivity contribution is -0.142. The average molecular weight is 333 g/mol. The van der Waals surface area contributed by atoms with Crippen LogP contribution in [-0.2, 0) is 16.0 Å². The molecule has 3 saturated heterocycles. The standard InChI is InChI=1S/C18H27N3O3/c22-17(21-7-1-2-8-21)18(5-3-6-19-13-18)11-15-10-16(20-24-15)14-4-9-23-12-14/h10,14,19H,1-9,11-13H2. The second-order valence-electron chi connectivity index (χ2n) is 7.52. The number of nitrogens with zero attached hydrogens (tertiary/aromatic N) is 2. The lowest BCUT2D eigenvalue weighted by Gasteiger charge is -2.38. The minimum absolute atomic E-state index is 0.300. The van der Waals surface area contributed by atoms with Gasteiger partial charge in [-0.2, -0.15) is 0 Å². The van der Waals surface area contributed by atoms with Crippen molar-refractivity contribution in [2.75, 3.05) is 39.4 Å². The summed E-state index contributed by atoms with van der Waals surface area (Å²) in [5.74, 6) is 1.49. The van der Waals surface area contributed by atoms with E-state index in [4.69, 9.17) is 9.26 Å². The van der Waals surface area contributed by atoms with Crippen molar-refractivity contribution in [3.63, 3.8) is 0 Å². The Hall–Kier alpha value is -1.40. The van der Waals surface area contributed by atoms with Crippen LogP contribution in [0.2, 0.25) is 0 Å². The largest absolute Gasteiger partial charge is 0.381 e. The molecule has 0 aliphatic carbocycles. The third-order valence-corrected chi connectivity index (χ3v) is 5.76. The Bertz CT molecular complexity index is 568. The molecule has 2 unspecified atom stereocenters. The quantitative estimate of drug-likeness (QED) is 0.908. The van der Waals surface area contributed by atoms with Crippen LogP contribution in [0.3, 0.4) is 0 Å². The Labute approximate surface area is 142 Å². The molecule has 1 N–H and O–H groups in total. The maximum atomic E-state index is 13.2. The Kier molecular flexibility index (Phi) is 4.59. The van der Waals surface area contributed by atoms with Crippen molar-refractivity contribution in [3.05, 3.63) is 17.5 Å². The van der Waals surface area contributed by atoms with E-state index in [9.17, 15) is 4.79 Å². The number of hydrogen-bond acceptors (Lipinski definition) is 5. The fourth-order valence-corrected chi connectivity index (χ4v) is 4.34. The molecule has 0 radical (unpaired) electrons. The molecule has 3 aliphatic heterocycles. The van der Waals surface area contributed by atoms with Gasteiger partial charge in [-0.15, -0.1) is 0 Å². The molecule has 3 aliphatic rings. The average Bonchev–Trinajstić information content (AvgIpc) is 3.36. The molecule has 24 heavy (non-hydrogen) atoms. The van der Waals surface area contributed by atoms with Gasteiger partial charge in [-0.25, -0.2) is 0 Å². The topological polar surface area (TPSA) is 67.6 Å². The maximum absolute atomic E-state index is 13.2. The summed E-state index contributed by atoms with van der Waals surface area (Å²) in [7, 11) is 0. The van der Waals surface area contributed by atoms with Crippen LogP contribution >= 0.6 is 0 Å². The predicted octanol–water partition coefficient (Wildman–Crippen LogP) is 1.71. The van der Waals surface area contributed by atoms with Crippen LogP contribution in [0.25, 0.3) is 0 Å². The predicted molar refractivity (Wildman–Crippen MR) is 88.7 cm³/mol. The van der Waals surface area contributed by atoms with Gasteiger partial charge in [0.25, 0.3) is 0 Å². The second kappa shape index (κ2) is 6.84. The molecule has 0 saturated carbocycles. The first-order valence-electron chi connectivity index (χ1n) is 9.30. The highest BCUT2D eigenvalue weighted by molar-refractivity contribution is 5.83. The van der Waals surface area contributed by atoms with Crippen LogP contribution < -0.4 is 5.32 Å². The zero-order valence-electron chi connectivity index (χ0n) is 14.3. The van der Waals surface area contributed by atoms with Gasteiger partial charge in [-0.3, -0.25) is 4.79 Å². The third-order valence-electron chi connectivity index (χ3n) is 5.76. The van der Waals surface area contributed by atoms with E-state index in [0.717, 1.165) is 83.0 Å². The number of amides is 1. The van der Waals surface area contributed by atoms with E-state index in [0.29, 0.717) is 18.2 Å². The van der Waals surface area contributed by atoms with Crippen LogP contribution in [0.5, 0.6) is 0 Å². The summed E-state index contributed by atoms with van der Waals surface area (Å²) >= 11 is 0. The molecule has 132 valence electrons. The Morgan fingerprint density at radius 1 is 1.38 bits per heavy atom. The summed E-state index contributed by atoms with van der Waals surface area (Å²) in [6.45, 7) is 5.07. The number of carbonyl (C=O) groups excluding carboxylic acids is 1. The first kappa shape index (κ1) is 16.1. The minimum atomic E-state index is -0.369. The molecule has 1 aromatic rings. The molecule has 6 heteroatoms. The lowest BCUT2D eigenvalue weighted by atomic mass is 9.75. The van der Waals surface area contributed by atoms with E-state index in [2.05, 4.69) is 15.4 Å². The summed E-state index contributed by atoms with van der Waals surface area (Å²) in [6.07, 6.45) is 5.88. The molecule has 4 heterocycles. The third kappa shape index (κ3) is 3.09. The first-order valence-corrected chi connectivity index (χ1v) is 9.30. The molecule has 3 fully saturated rings. The van der Waals surface area contributed by atoms with E-state index in [1.807, 2.05) is 6.07 Å². The van der Waals surface area contributed by atoms with E-state index in [1.54, 1.807) is 0 Å². The van der Waals surface area contributed by atoms with Crippen molar-refractivity contribution in [1.29, 1.82) is 0 Å². The zero-order chi connectivity index (χ0) is 16.4. The lowest BCUT2D eigenvalue weighted by Crippen LogP contribution is -2.52. The first-order chi connectivity index (χ1) is 11.8. The van der Waals surface area contributed by atoms with Crippen LogP contribution in [0.4, 0.5) is 0 Å². The van der Waals surface area contributed by atoms with Gasteiger partial charge in [0.1, 0.15) is 5.76 Å². The molecule has 0 aromatic carbocycles. The minimum Gasteiger partial charge on any atom is -0.381 e. The molecule has 6 nitrogen and oxygen atoms in total. The summed E-state index contributed by atoms with van der Waals surface area (Å²) in [4.78, 5) is 15.2. The smallest absolute Gasteiger partial charge is 0.230 e. The normalized spacial score (nSPS) is 30.8. The van der Waals surface area contributed by atoms with E-state index in [1.165, 1.54) is 0 Å². The van der Waals surface area contributed by atoms with Gasteiger partial charge in [-0.05, 0) is 38.6 Å². The molecule has 1 amide bonds. The van der Waals surface area contributed by atoms with Crippen molar-refractivity contribution >= 4 is 5.91 Å². The number of carbonyl (C=O) groups is 1. The fraction of sp³-hybridized carbons (Fsp3) is 0.778. The summed E-state index contributed by atoms with van der Waals surface area (Å²) in [5, 5.41) is 7.68. The van der Waals surface area contributed by atoms with E-state index in [-0.39, 0.29) is 5.41 Å². The van der Waals surface area contributed by atoms with Gasteiger partial charge in [-0.1, -0.05) is 5.16 Å². The van der Waals surface area contributed by atoms with Gasteiger partial charge in [0.05, 0.1) is 17.7 Å².